The summed E-state index contributed by atoms with van der Waals surface area (Å²) < 4.78 is 0. The van der Waals surface area contributed by atoms with Crippen LogP contribution in [0.2, 0.25) is 0 Å². The number of anilines is 1. The quantitative estimate of drug-likeness (QED) is 0.610. The molecule has 0 aromatic heterocycles. The van der Waals surface area contributed by atoms with Gasteiger partial charge in [0.25, 0.3) is 0 Å². The van der Waals surface area contributed by atoms with Crippen LogP contribution in [0.1, 0.15) is 16.7 Å². The van der Waals surface area contributed by atoms with Crippen LogP contribution < -0.4 is 4.90 Å². The van der Waals surface area contributed by atoms with Crippen LogP contribution in [-0.4, -0.2) is 14.1 Å². The van der Waals surface area contributed by atoms with Crippen LogP contribution in [0.3, 0.4) is 0 Å². The van der Waals surface area contributed by atoms with E-state index in [1.54, 1.807) is 11.1 Å². The van der Waals surface area contributed by atoms with Crippen molar-refractivity contribution in [1.82, 2.24) is 0 Å². The number of aryl methyl sites for hydroxylation is 3. The molecule has 12 heavy (non-hydrogen) atoms. The summed E-state index contributed by atoms with van der Waals surface area (Å²) in [5.74, 6) is 0. The van der Waals surface area contributed by atoms with E-state index in [0.29, 0.717) is 0 Å². The molecule has 1 aliphatic rings. The predicted molar refractivity (Wildman–Crippen MR) is 52.9 cm³/mol. The van der Waals surface area contributed by atoms with Crippen LogP contribution in [0, 0.1) is 6.92 Å². The fourth-order valence-corrected chi connectivity index (χ4v) is 1.84. The van der Waals surface area contributed by atoms with Crippen LogP contribution in [-0.2, 0) is 12.8 Å². The Morgan fingerprint density at radius 1 is 1.08 bits per heavy atom. The van der Waals surface area contributed by atoms with Crippen molar-refractivity contribution in [3.63, 3.8) is 0 Å². The molecule has 1 aliphatic carbocycles. The molecule has 0 N–H and O–H groups in total. The summed E-state index contributed by atoms with van der Waals surface area (Å²) in [6.07, 6.45) is 2.56. The molecule has 0 saturated carbocycles. The zero-order valence-electron chi connectivity index (χ0n) is 8.02. The number of fused-ring (bicyclic) bond motifs is 1. The molecule has 0 heterocycles. The van der Waals surface area contributed by atoms with Gasteiger partial charge in [-0.25, -0.2) is 0 Å². The summed E-state index contributed by atoms with van der Waals surface area (Å²) in [4.78, 5) is 2.19. The Balaban J connectivity index is 2.49. The average Bonchev–Trinajstić information content (AvgIpc) is 1.96. The Morgan fingerprint density at radius 3 is 2.17 bits per heavy atom. The fraction of sp³-hybridized carbons (Fsp3) is 0.455. The van der Waals surface area contributed by atoms with Gasteiger partial charge in [0, 0.05) is 19.8 Å². The lowest BCUT2D eigenvalue weighted by atomic mass is 9.86. The minimum atomic E-state index is 1.27. The highest BCUT2D eigenvalue weighted by Gasteiger charge is 2.15. The highest BCUT2D eigenvalue weighted by molar-refractivity contribution is 5.58. The molecule has 0 saturated heterocycles. The van der Waals surface area contributed by atoms with Crippen molar-refractivity contribution in [2.24, 2.45) is 0 Å². The molecule has 0 bridgehead atoms. The van der Waals surface area contributed by atoms with Gasteiger partial charge in [-0.3, -0.25) is 0 Å². The first kappa shape index (κ1) is 7.66. The highest BCUT2D eigenvalue weighted by Crippen LogP contribution is 2.29. The van der Waals surface area contributed by atoms with E-state index in [1.807, 2.05) is 0 Å². The van der Waals surface area contributed by atoms with Gasteiger partial charge in [0.05, 0.1) is 0 Å². The molecule has 0 aliphatic heterocycles. The Kier molecular flexibility index (Phi) is 1.60. The maximum absolute atomic E-state index is 2.33. The van der Waals surface area contributed by atoms with Gasteiger partial charge in [0.2, 0.25) is 0 Å². The third kappa shape index (κ3) is 1.01. The van der Waals surface area contributed by atoms with Crippen molar-refractivity contribution in [2.45, 2.75) is 19.8 Å². The molecule has 0 atom stereocenters. The molecule has 1 heteroatoms. The third-order valence-electron chi connectivity index (χ3n) is 2.66. The monoisotopic (exact) mass is 161 g/mol. The van der Waals surface area contributed by atoms with E-state index in [2.05, 4.69) is 38.1 Å². The van der Waals surface area contributed by atoms with Gasteiger partial charge in [-0.2, -0.15) is 0 Å². The second-order valence-corrected chi connectivity index (χ2v) is 3.80. The second-order valence-electron chi connectivity index (χ2n) is 3.80. The van der Waals surface area contributed by atoms with Gasteiger partial charge < -0.3 is 4.90 Å². The normalized spacial score (nSPS) is 13.6. The van der Waals surface area contributed by atoms with Crippen molar-refractivity contribution in [1.29, 1.82) is 0 Å². The predicted octanol–water partition coefficient (Wildman–Crippen LogP) is 2.16. The Bertz CT molecular complexity index is 313. The number of nitrogens with zero attached hydrogens (tertiary/aromatic N) is 1. The summed E-state index contributed by atoms with van der Waals surface area (Å²) >= 11 is 0. The molecule has 2 rings (SSSR count). The van der Waals surface area contributed by atoms with Crippen molar-refractivity contribution in [3.8, 4) is 0 Å². The molecule has 1 aromatic rings. The number of hydrogen-bond donors (Lipinski definition) is 0. The molecule has 64 valence electrons. The van der Waals surface area contributed by atoms with Gasteiger partial charge in [0.15, 0.2) is 0 Å². The molecule has 0 spiro atoms. The number of hydrogen-bond acceptors (Lipinski definition) is 1. The fourth-order valence-electron chi connectivity index (χ4n) is 1.84. The first-order valence-corrected chi connectivity index (χ1v) is 4.48. The van der Waals surface area contributed by atoms with E-state index in [4.69, 9.17) is 0 Å². The molecule has 1 nitrogen and oxygen atoms in total. The van der Waals surface area contributed by atoms with Gasteiger partial charge in [-0.15, -0.1) is 0 Å². The van der Waals surface area contributed by atoms with Crippen LogP contribution in [0.4, 0.5) is 5.69 Å². The zero-order chi connectivity index (χ0) is 8.72. The Labute approximate surface area is 74.0 Å². The summed E-state index contributed by atoms with van der Waals surface area (Å²) in [7, 11) is 4.21. The van der Waals surface area contributed by atoms with E-state index >= 15 is 0 Å². The summed E-state index contributed by atoms with van der Waals surface area (Å²) in [5.41, 5.74) is 5.87. The van der Waals surface area contributed by atoms with Crippen LogP contribution in [0.25, 0.3) is 0 Å². The van der Waals surface area contributed by atoms with Crippen LogP contribution >= 0.6 is 0 Å². The summed E-state index contributed by atoms with van der Waals surface area (Å²) in [6.45, 7) is 2.19. The molecular weight excluding hydrogens is 146 g/mol. The Morgan fingerprint density at radius 2 is 1.67 bits per heavy atom. The molecule has 1 aromatic carbocycles. The minimum absolute atomic E-state index is 1.27. The molecule has 0 fully saturated rings. The van der Waals surface area contributed by atoms with Crippen molar-refractivity contribution >= 4 is 5.69 Å². The SMILES string of the molecule is Cc1cc2c(cc1N(C)C)CC2. The van der Waals surface area contributed by atoms with E-state index in [0.717, 1.165) is 0 Å². The van der Waals surface area contributed by atoms with Crippen molar-refractivity contribution in [2.75, 3.05) is 19.0 Å². The summed E-state index contributed by atoms with van der Waals surface area (Å²) in [6, 6.07) is 4.66. The maximum Gasteiger partial charge on any atom is 0.0393 e. The number of benzene rings is 1. The van der Waals surface area contributed by atoms with E-state index < -0.39 is 0 Å². The first-order valence-electron chi connectivity index (χ1n) is 4.48. The van der Waals surface area contributed by atoms with Crippen LogP contribution in [0.15, 0.2) is 12.1 Å². The number of rotatable bonds is 1. The highest BCUT2D eigenvalue weighted by atomic mass is 15.1. The molecule has 0 radical (unpaired) electrons. The first-order chi connectivity index (χ1) is 5.68. The molecule has 0 amide bonds. The van der Waals surface area contributed by atoms with Gasteiger partial charge in [0.1, 0.15) is 0 Å². The second kappa shape index (κ2) is 2.51. The van der Waals surface area contributed by atoms with Crippen molar-refractivity contribution < 1.29 is 0 Å². The lowest BCUT2D eigenvalue weighted by Gasteiger charge is -2.24. The lowest BCUT2D eigenvalue weighted by Crippen LogP contribution is -2.15. The van der Waals surface area contributed by atoms with Crippen molar-refractivity contribution in [3.05, 3.63) is 28.8 Å². The smallest absolute Gasteiger partial charge is 0.0393 e. The topological polar surface area (TPSA) is 3.24 Å². The molecule has 0 unspecified atom stereocenters. The van der Waals surface area contributed by atoms with Crippen LogP contribution in [0.5, 0.6) is 0 Å². The standard InChI is InChI=1S/C11H15N/c1-8-6-9-4-5-10(9)7-11(8)12(2)3/h6-7H,4-5H2,1-3H3. The summed E-state index contributed by atoms with van der Waals surface area (Å²) in [5, 5.41) is 0. The van der Waals surface area contributed by atoms with Gasteiger partial charge >= 0.3 is 0 Å². The lowest BCUT2D eigenvalue weighted by molar-refractivity contribution is 0.834. The van der Waals surface area contributed by atoms with E-state index in [1.165, 1.54) is 24.1 Å². The van der Waals surface area contributed by atoms with Gasteiger partial charge in [-0.05, 0) is 42.5 Å². The molecular formula is C11H15N. The Hall–Kier alpha value is -0.980. The average molecular weight is 161 g/mol. The van der Waals surface area contributed by atoms with Gasteiger partial charge in [-0.1, -0.05) is 6.07 Å². The van der Waals surface area contributed by atoms with E-state index in [-0.39, 0.29) is 0 Å². The van der Waals surface area contributed by atoms with E-state index in [9.17, 15) is 0 Å². The minimum Gasteiger partial charge on any atom is -0.377 e. The largest absolute Gasteiger partial charge is 0.377 e. The maximum atomic E-state index is 2.33. The third-order valence-corrected chi connectivity index (χ3v) is 2.66. The zero-order valence-corrected chi connectivity index (χ0v) is 8.02.